The SMILES string of the molecule is [N-]=[N+]=Nc1ccc([N+](=O)[O-])c(C(=O)Oc2cc(O)n(O)c2O)c1. The highest BCUT2D eigenvalue weighted by atomic mass is 16.6. The minimum absolute atomic E-state index is 0.0621. The molecule has 0 amide bonds. The zero-order valence-corrected chi connectivity index (χ0v) is 11.0. The zero-order valence-electron chi connectivity index (χ0n) is 11.0. The van der Waals surface area contributed by atoms with Gasteiger partial charge < -0.3 is 20.2 Å². The van der Waals surface area contributed by atoms with Crippen LogP contribution in [0.5, 0.6) is 17.5 Å². The Labute approximate surface area is 126 Å². The summed E-state index contributed by atoms with van der Waals surface area (Å²) in [6, 6.07) is 3.71. The van der Waals surface area contributed by atoms with Crippen molar-refractivity contribution in [2.45, 2.75) is 0 Å². The molecule has 23 heavy (non-hydrogen) atoms. The van der Waals surface area contributed by atoms with E-state index in [4.69, 9.17) is 15.8 Å². The lowest BCUT2D eigenvalue weighted by molar-refractivity contribution is -0.385. The van der Waals surface area contributed by atoms with Gasteiger partial charge in [0.2, 0.25) is 5.88 Å². The fraction of sp³-hybridized carbons (Fsp3) is 0. The average molecular weight is 321 g/mol. The van der Waals surface area contributed by atoms with E-state index in [2.05, 4.69) is 14.8 Å². The van der Waals surface area contributed by atoms with Crippen molar-refractivity contribution in [3.8, 4) is 17.5 Å². The summed E-state index contributed by atoms with van der Waals surface area (Å²) in [5.41, 5.74) is 7.10. The van der Waals surface area contributed by atoms with Gasteiger partial charge in [-0.2, -0.15) is 0 Å². The quantitative estimate of drug-likeness (QED) is 0.146. The summed E-state index contributed by atoms with van der Waals surface area (Å²) in [4.78, 5) is 24.6. The molecule has 1 aromatic heterocycles. The number of hydrogen-bond donors (Lipinski definition) is 3. The molecule has 2 aromatic rings. The summed E-state index contributed by atoms with van der Waals surface area (Å²) in [6.07, 6.45) is 0. The minimum Gasteiger partial charge on any atom is -0.492 e. The minimum atomic E-state index is -1.27. The molecule has 0 radical (unpaired) electrons. The van der Waals surface area contributed by atoms with Gasteiger partial charge in [-0.25, -0.2) is 4.79 Å². The van der Waals surface area contributed by atoms with E-state index in [9.17, 15) is 20.0 Å². The highest BCUT2D eigenvalue weighted by Gasteiger charge is 2.25. The van der Waals surface area contributed by atoms with E-state index >= 15 is 0 Å². The van der Waals surface area contributed by atoms with Gasteiger partial charge in [0.05, 0.1) is 11.0 Å². The van der Waals surface area contributed by atoms with E-state index < -0.39 is 39.7 Å². The third kappa shape index (κ3) is 2.91. The number of aromatic nitrogens is 1. The molecule has 0 aliphatic carbocycles. The number of nitro benzene ring substituents is 1. The Kier molecular flexibility index (Phi) is 3.92. The Morgan fingerprint density at radius 1 is 1.39 bits per heavy atom. The maximum absolute atomic E-state index is 12.0. The van der Waals surface area contributed by atoms with Crippen molar-refractivity contribution < 1.29 is 29.9 Å². The third-order valence-electron chi connectivity index (χ3n) is 2.66. The Balaban J connectivity index is 2.44. The van der Waals surface area contributed by atoms with Crippen LogP contribution in [0.2, 0.25) is 0 Å². The number of ether oxygens (including phenoxy) is 1. The van der Waals surface area contributed by atoms with E-state index in [1.807, 2.05) is 0 Å². The lowest BCUT2D eigenvalue weighted by Crippen LogP contribution is -2.11. The van der Waals surface area contributed by atoms with Crippen molar-refractivity contribution in [2.75, 3.05) is 0 Å². The molecule has 0 unspecified atom stereocenters. The van der Waals surface area contributed by atoms with E-state index in [-0.39, 0.29) is 10.4 Å². The second-order valence-corrected chi connectivity index (χ2v) is 4.04. The van der Waals surface area contributed by atoms with Crippen LogP contribution in [0.1, 0.15) is 10.4 Å². The number of benzene rings is 1. The normalized spacial score (nSPS) is 9.91. The molecule has 1 aromatic carbocycles. The molecular formula is C11H7N5O7. The van der Waals surface area contributed by atoms with E-state index in [0.717, 1.165) is 24.3 Å². The molecule has 12 heteroatoms. The van der Waals surface area contributed by atoms with Crippen molar-refractivity contribution in [3.63, 3.8) is 0 Å². The number of nitrogens with zero attached hydrogens (tertiary/aromatic N) is 5. The second kappa shape index (κ2) is 5.83. The van der Waals surface area contributed by atoms with Gasteiger partial charge in [-0.15, -0.1) is 4.73 Å². The smallest absolute Gasteiger partial charge is 0.350 e. The molecule has 1 heterocycles. The molecule has 3 N–H and O–H groups in total. The van der Waals surface area contributed by atoms with E-state index in [1.54, 1.807) is 0 Å². The molecule has 0 aliphatic heterocycles. The highest BCUT2D eigenvalue weighted by Crippen LogP contribution is 2.34. The molecule has 0 spiro atoms. The van der Waals surface area contributed by atoms with Gasteiger partial charge in [-0.05, 0) is 17.7 Å². The maximum Gasteiger partial charge on any atom is 0.350 e. The van der Waals surface area contributed by atoms with Crippen LogP contribution in [0.15, 0.2) is 29.4 Å². The van der Waals surface area contributed by atoms with Crippen molar-refractivity contribution in [1.82, 2.24) is 4.73 Å². The summed E-state index contributed by atoms with van der Waals surface area (Å²) < 4.78 is 4.63. The summed E-state index contributed by atoms with van der Waals surface area (Å²) in [7, 11) is 0. The van der Waals surface area contributed by atoms with Crippen molar-refractivity contribution >= 4 is 17.3 Å². The highest BCUT2D eigenvalue weighted by molar-refractivity contribution is 5.96. The molecule has 118 valence electrons. The predicted molar refractivity (Wildman–Crippen MR) is 71.8 cm³/mol. The number of hydrogen-bond acceptors (Lipinski definition) is 8. The predicted octanol–water partition coefficient (Wildman–Crippen LogP) is 2.21. The largest absolute Gasteiger partial charge is 0.492 e. The van der Waals surface area contributed by atoms with Gasteiger partial charge in [0.1, 0.15) is 5.56 Å². The van der Waals surface area contributed by atoms with Gasteiger partial charge in [-0.1, -0.05) is 5.11 Å². The van der Waals surface area contributed by atoms with Gasteiger partial charge >= 0.3 is 5.97 Å². The maximum atomic E-state index is 12.0. The number of aromatic hydroxyl groups is 2. The van der Waals surface area contributed by atoms with Crippen molar-refractivity contribution in [3.05, 3.63) is 50.4 Å². The first-order valence-electron chi connectivity index (χ1n) is 5.73. The lowest BCUT2D eigenvalue weighted by Gasteiger charge is -2.04. The number of esters is 1. The first kappa shape index (κ1) is 15.5. The second-order valence-electron chi connectivity index (χ2n) is 4.04. The van der Waals surface area contributed by atoms with E-state index in [0.29, 0.717) is 0 Å². The van der Waals surface area contributed by atoms with Crippen molar-refractivity contribution in [1.29, 1.82) is 0 Å². The van der Waals surface area contributed by atoms with Crippen LogP contribution in [0.3, 0.4) is 0 Å². The Morgan fingerprint density at radius 3 is 2.61 bits per heavy atom. The van der Waals surface area contributed by atoms with Crippen LogP contribution in [0, 0.1) is 10.1 Å². The van der Waals surface area contributed by atoms with E-state index in [1.165, 1.54) is 0 Å². The number of carbonyl (C=O) groups excluding carboxylic acids is 1. The standard InChI is InChI=1S/C11H7N5O7/c12-14-13-5-1-2-7(16(21)22)6(3-5)11(19)23-8-4-9(17)15(20)10(8)18/h1-4,17-18,20H. The third-order valence-corrected chi connectivity index (χ3v) is 2.66. The van der Waals surface area contributed by atoms with Crippen LogP contribution >= 0.6 is 0 Å². The Morgan fingerprint density at radius 2 is 2.09 bits per heavy atom. The van der Waals surface area contributed by atoms with Crippen LogP contribution < -0.4 is 4.74 Å². The number of azide groups is 1. The molecule has 0 saturated heterocycles. The van der Waals surface area contributed by atoms with Gasteiger partial charge in [-0.3, -0.25) is 10.1 Å². The fourth-order valence-electron chi connectivity index (χ4n) is 1.65. The van der Waals surface area contributed by atoms with Crippen molar-refractivity contribution in [2.24, 2.45) is 5.11 Å². The lowest BCUT2D eigenvalue weighted by atomic mass is 10.1. The summed E-state index contributed by atoms with van der Waals surface area (Å²) in [5.74, 6) is -3.70. The van der Waals surface area contributed by atoms with Gasteiger partial charge in [0.15, 0.2) is 5.75 Å². The average Bonchev–Trinajstić information content (AvgIpc) is 2.74. The topological polar surface area (TPSA) is 184 Å². The van der Waals surface area contributed by atoms with Crippen LogP contribution in [-0.4, -0.2) is 31.0 Å². The number of rotatable bonds is 4. The first-order valence-corrected chi connectivity index (χ1v) is 5.73. The van der Waals surface area contributed by atoms with Gasteiger partial charge in [0.25, 0.3) is 11.6 Å². The first-order chi connectivity index (χ1) is 10.8. The molecule has 2 rings (SSSR count). The molecule has 0 bridgehead atoms. The molecule has 12 nitrogen and oxygen atoms in total. The number of nitro groups is 1. The zero-order chi connectivity index (χ0) is 17.1. The summed E-state index contributed by atoms with van der Waals surface area (Å²) >= 11 is 0. The molecular weight excluding hydrogens is 314 g/mol. The molecule has 0 fully saturated rings. The summed E-state index contributed by atoms with van der Waals surface area (Å²) in [5, 5.41) is 41.8. The number of carbonyl (C=O) groups is 1. The Hall–Kier alpha value is -3.92. The van der Waals surface area contributed by atoms with Gasteiger partial charge in [0, 0.05) is 16.7 Å². The van der Waals surface area contributed by atoms with Crippen LogP contribution in [0.4, 0.5) is 11.4 Å². The fourth-order valence-corrected chi connectivity index (χ4v) is 1.65. The van der Waals surface area contributed by atoms with Crippen LogP contribution in [-0.2, 0) is 0 Å². The molecule has 0 aliphatic rings. The molecule has 0 atom stereocenters. The summed E-state index contributed by atoms with van der Waals surface area (Å²) in [6.45, 7) is 0. The molecule has 0 saturated carbocycles. The Bertz CT molecular complexity index is 853. The monoisotopic (exact) mass is 321 g/mol. The van der Waals surface area contributed by atoms with Crippen LogP contribution in [0.25, 0.3) is 10.4 Å².